The minimum atomic E-state index is 0.0556. The third-order valence-electron chi connectivity index (χ3n) is 1.03. The summed E-state index contributed by atoms with van der Waals surface area (Å²) < 4.78 is 4.93. The molecule has 1 aliphatic rings. The summed E-state index contributed by atoms with van der Waals surface area (Å²) in [6.07, 6.45) is 1.83. The summed E-state index contributed by atoms with van der Waals surface area (Å²) >= 11 is 0. The minimum Gasteiger partial charge on any atom is -0.365 e. The summed E-state index contributed by atoms with van der Waals surface area (Å²) in [6.45, 7) is 6.44. The van der Waals surface area contributed by atoms with Gasteiger partial charge < -0.3 is 4.74 Å². The second kappa shape index (κ2) is 0.850. The van der Waals surface area contributed by atoms with E-state index in [-0.39, 0.29) is 5.60 Å². The Labute approximate surface area is 37.6 Å². The van der Waals surface area contributed by atoms with Crippen molar-refractivity contribution in [3.8, 4) is 0 Å². The van der Waals surface area contributed by atoms with Gasteiger partial charge in [0.1, 0.15) is 5.60 Å². The van der Waals surface area contributed by atoms with Gasteiger partial charge in [0.25, 0.3) is 0 Å². The Bertz CT molecular complexity index is 72.0. The molecule has 0 aromatic heterocycles. The molecule has 0 bridgehead atoms. The zero-order valence-electron chi connectivity index (χ0n) is 3.90. The molecule has 0 amide bonds. The van der Waals surface area contributed by atoms with Crippen LogP contribution in [-0.4, -0.2) is 12.2 Å². The van der Waals surface area contributed by atoms with Crippen molar-refractivity contribution in [3.63, 3.8) is 0 Å². The zero-order chi connectivity index (χ0) is 4.62. The third kappa shape index (κ3) is 0.455. The van der Waals surface area contributed by atoms with Crippen LogP contribution in [0.1, 0.15) is 6.92 Å². The van der Waals surface area contributed by atoms with Gasteiger partial charge in [-0.2, -0.15) is 0 Å². The zero-order valence-corrected chi connectivity index (χ0v) is 3.90. The first-order valence-electron chi connectivity index (χ1n) is 2.04. The van der Waals surface area contributed by atoms with Crippen LogP contribution in [0.4, 0.5) is 0 Å². The summed E-state index contributed by atoms with van der Waals surface area (Å²) in [4.78, 5) is 0. The Morgan fingerprint density at radius 2 is 2.50 bits per heavy atom. The Morgan fingerprint density at radius 3 is 2.50 bits per heavy atom. The summed E-state index contributed by atoms with van der Waals surface area (Å²) in [7, 11) is 0. The molecular formula is C5H8O. The van der Waals surface area contributed by atoms with Gasteiger partial charge in [0, 0.05) is 0 Å². The lowest BCUT2D eigenvalue weighted by molar-refractivity contribution is 0.370. The normalized spacial score (nSPS) is 42.2. The molecule has 34 valence electrons. The molecule has 1 aliphatic heterocycles. The van der Waals surface area contributed by atoms with Crippen LogP contribution in [0.15, 0.2) is 12.7 Å². The van der Waals surface area contributed by atoms with E-state index in [2.05, 4.69) is 6.58 Å². The highest BCUT2D eigenvalue weighted by Gasteiger charge is 2.34. The quantitative estimate of drug-likeness (QED) is 0.340. The Balaban J connectivity index is 2.47. The Morgan fingerprint density at radius 1 is 2.00 bits per heavy atom. The van der Waals surface area contributed by atoms with Crippen molar-refractivity contribution in [2.45, 2.75) is 12.5 Å². The van der Waals surface area contributed by atoms with E-state index in [0.29, 0.717) is 0 Å². The van der Waals surface area contributed by atoms with Gasteiger partial charge in [0.15, 0.2) is 0 Å². The van der Waals surface area contributed by atoms with Crippen molar-refractivity contribution < 1.29 is 4.74 Å². The highest BCUT2D eigenvalue weighted by atomic mass is 16.6. The fourth-order valence-electron chi connectivity index (χ4n) is 0.232. The molecule has 1 heteroatoms. The van der Waals surface area contributed by atoms with E-state index in [0.717, 1.165) is 6.61 Å². The second-order valence-corrected chi connectivity index (χ2v) is 1.81. The predicted molar refractivity (Wildman–Crippen MR) is 24.6 cm³/mol. The first-order valence-corrected chi connectivity index (χ1v) is 2.04. The van der Waals surface area contributed by atoms with E-state index < -0.39 is 0 Å². The molecule has 0 unspecified atom stereocenters. The molecule has 6 heavy (non-hydrogen) atoms. The van der Waals surface area contributed by atoms with Crippen molar-refractivity contribution in [3.05, 3.63) is 12.7 Å². The molecule has 0 radical (unpaired) electrons. The first-order chi connectivity index (χ1) is 2.77. The van der Waals surface area contributed by atoms with Crippen LogP contribution in [0.5, 0.6) is 0 Å². The highest BCUT2D eigenvalue weighted by Crippen LogP contribution is 2.25. The molecule has 0 N–H and O–H groups in total. The predicted octanol–water partition coefficient (Wildman–Crippen LogP) is 0.961. The topological polar surface area (TPSA) is 12.5 Å². The summed E-state index contributed by atoms with van der Waals surface area (Å²) in [5.41, 5.74) is 0.0556. The van der Waals surface area contributed by atoms with E-state index in [1.165, 1.54) is 0 Å². The van der Waals surface area contributed by atoms with Gasteiger partial charge in [0.2, 0.25) is 0 Å². The maximum Gasteiger partial charge on any atom is 0.107 e. The minimum absolute atomic E-state index is 0.0556. The molecule has 1 saturated heterocycles. The van der Waals surface area contributed by atoms with E-state index in [1.807, 2.05) is 13.0 Å². The molecule has 1 atom stereocenters. The largest absolute Gasteiger partial charge is 0.365 e. The van der Waals surface area contributed by atoms with Crippen LogP contribution in [0.3, 0.4) is 0 Å². The average molecular weight is 84.1 g/mol. The van der Waals surface area contributed by atoms with Crippen LogP contribution in [0.2, 0.25) is 0 Å². The standard InChI is InChI=1S/C5H8O/c1-3-5(2)4-6-5/h3H,1,4H2,2H3/t5-/m1/s1. The lowest BCUT2D eigenvalue weighted by Crippen LogP contribution is -1.94. The van der Waals surface area contributed by atoms with E-state index in [9.17, 15) is 0 Å². The molecule has 0 aromatic carbocycles. The van der Waals surface area contributed by atoms with E-state index >= 15 is 0 Å². The van der Waals surface area contributed by atoms with Gasteiger partial charge in [-0.15, -0.1) is 6.58 Å². The third-order valence-corrected chi connectivity index (χ3v) is 1.03. The lowest BCUT2D eigenvalue weighted by Gasteiger charge is -1.86. The summed E-state index contributed by atoms with van der Waals surface area (Å²) in [5, 5.41) is 0. The van der Waals surface area contributed by atoms with Crippen LogP contribution in [-0.2, 0) is 4.74 Å². The summed E-state index contributed by atoms with van der Waals surface area (Å²) in [6, 6.07) is 0. The first kappa shape index (κ1) is 3.88. The monoisotopic (exact) mass is 84.1 g/mol. The molecule has 1 rings (SSSR count). The number of hydrogen-bond donors (Lipinski definition) is 0. The molecule has 1 nitrogen and oxygen atoms in total. The SMILES string of the molecule is C=C[C@]1(C)CO1. The van der Waals surface area contributed by atoms with Gasteiger partial charge in [-0.1, -0.05) is 6.08 Å². The summed E-state index contributed by atoms with van der Waals surface area (Å²) in [5.74, 6) is 0. The fourth-order valence-corrected chi connectivity index (χ4v) is 0.232. The number of hydrogen-bond acceptors (Lipinski definition) is 1. The molecule has 0 saturated carbocycles. The van der Waals surface area contributed by atoms with E-state index in [4.69, 9.17) is 4.74 Å². The molecule has 1 heterocycles. The number of epoxide rings is 1. The maximum absolute atomic E-state index is 4.93. The number of rotatable bonds is 1. The molecule has 0 aliphatic carbocycles. The fraction of sp³-hybridized carbons (Fsp3) is 0.600. The highest BCUT2D eigenvalue weighted by molar-refractivity contribution is 5.02. The molecule has 0 spiro atoms. The number of ether oxygens (including phenoxy) is 1. The van der Waals surface area contributed by atoms with Crippen LogP contribution < -0.4 is 0 Å². The van der Waals surface area contributed by atoms with Crippen molar-refractivity contribution in [2.24, 2.45) is 0 Å². The van der Waals surface area contributed by atoms with E-state index in [1.54, 1.807) is 0 Å². The van der Waals surface area contributed by atoms with Crippen molar-refractivity contribution >= 4 is 0 Å². The maximum atomic E-state index is 4.93. The second-order valence-electron chi connectivity index (χ2n) is 1.81. The smallest absolute Gasteiger partial charge is 0.107 e. The lowest BCUT2D eigenvalue weighted by atomic mass is 10.2. The Kier molecular flexibility index (Phi) is 0.549. The van der Waals surface area contributed by atoms with Crippen LogP contribution >= 0.6 is 0 Å². The van der Waals surface area contributed by atoms with Gasteiger partial charge in [-0.05, 0) is 6.92 Å². The van der Waals surface area contributed by atoms with Crippen LogP contribution in [0.25, 0.3) is 0 Å². The average Bonchev–Trinajstić information content (AvgIpc) is 2.22. The van der Waals surface area contributed by atoms with Crippen molar-refractivity contribution in [1.82, 2.24) is 0 Å². The van der Waals surface area contributed by atoms with Gasteiger partial charge in [-0.25, -0.2) is 0 Å². The van der Waals surface area contributed by atoms with Gasteiger partial charge in [0.05, 0.1) is 6.61 Å². The van der Waals surface area contributed by atoms with Crippen molar-refractivity contribution in [1.29, 1.82) is 0 Å². The molecule has 1 fully saturated rings. The van der Waals surface area contributed by atoms with Crippen molar-refractivity contribution in [2.75, 3.05) is 6.61 Å². The van der Waals surface area contributed by atoms with Crippen LogP contribution in [0, 0.1) is 0 Å². The molecule has 0 aromatic rings. The molecular weight excluding hydrogens is 76.1 g/mol. The van der Waals surface area contributed by atoms with Gasteiger partial charge in [-0.3, -0.25) is 0 Å². The Hall–Kier alpha value is -0.300. The van der Waals surface area contributed by atoms with Gasteiger partial charge >= 0.3 is 0 Å².